The zero-order valence-electron chi connectivity index (χ0n) is 10.9. The molecule has 0 radical (unpaired) electrons. The van der Waals surface area contributed by atoms with Gasteiger partial charge in [-0.3, -0.25) is 10.1 Å². The van der Waals surface area contributed by atoms with Gasteiger partial charge in [0, 0.05) is 6.54 Å². The summed E-state index contributed by atoms with van der Waals surface area (Å²) in [6, 6.07) is 4.30. The lowest BCUT2D eigenvalue weighted by Crippen LogP contribution is -2.07. The van der Waals surface area contributed by atoms with Crippen LogP contribution in [0.3, 0.4) is 0 Å². The average Bonchev–Trinajstić information content (AvgIpc) is 2.44. The van der Waals surface area contributed by atoms with Crippen LogP contribution in [0.5, 0.6) is 0 Å². The quantitative estimate of drug-likeness (QED) is 0.649. The Hall–Kier alpha value is -2.48. The van der Waals surface area contributed by atoms with Gasteiger partial charge in [0.15, 0.2) is 5.82 Å². The third-order valence-corrected chi connectivity index (χ3v) is 2.80. The van der Waals surface area contributed by atoms with Crippen LogP contribution in [0, 0.1) is 15.9 Å². The van der Waals surface area contributed by atoms with E-state index in [1.165, 1.54) is 18.2 Å². The number of nitrogens with zero attached hydrogens (tertiary/aromatic N) is 3. The molecule has 1 aromatic carbocycles. The van der Waals surface area contributed by atoms with E-state index in [9.17, 15) is 14.5 Å². The highest BCUT2D eigenvalue weighted by atomic mass is 35.5. The molecule has 0 fully saturated rings. The number of hydrogen-bond acceptors (Lipinski definition) is 6. The minimum atomic E-state index is -0.711. The third-order valence-electron chi connectivity index (χ3n) is 2.51. The Labute approximate surface area is 124 Å². The summed E-state index contributed by atoms with van der Waals surface area (Å²) in [5.74, 6) is -0.628. The van der Waals surface area contributed by atoms with Gasteiger partial charge in [-0.25, -0.2) is 9.37 Å². The number of nitro groups is 1. The van der Waals surface area contributed by atoms with Gasteiger partial charge in [-0.1, -0.05) is 17.7 Å². The predicted molar refractivity (Wildman–Crippen MR) is 77.5 cm³/mol. The zero-order valence-corrected chi connectivity index (χ0v) is 11.7. The smallest absolute Gasteiger partial charge is 0.329 e. The van der Waals surface area contributed by atoms with Crippen LogP contribution < -0.4 is 10.6 Å². The van der Waals surface area contributed by atoms with Gasteiger partial charge in [0.05, 0.1) is 15.6 Å². The van der Waals surface area contributed by atoms with Crippen molar-refractivity contribution in [3.8, 4) is 0 Å². The van der Waals surface area contributed by atoms with Crippen LogP contribution in [0.15, 0.2) is 24.4 Å². The van der Waals surface area contributed by atoms with Crippen LogP contribution >= 0.6 is 11.6 Å². The van der Waals surface area contributed by atoms with Gasteiger partial charge >= 0.3 is 5.69 Å². The van der Waals surface area contributed by atoms with E-state index in [0.29, 0.717) is 6.54 Å². The molecule has 0 amide bonds. The van der Waals surface area contributed by atoms with E-state index in [2.05, 4.69) is 20.6 Å². The fraction of sp³-hybridized carbons (Fsp3) is 0.167. The molecule has 2 N–H and O–H groups in total. The first-order valence-electron chi connectivity index (χ1n) is 5.99. The number of anilines is 3. The van der Waals surface area contributed by atoms with E-state index < -0.39 is 10.7 Å². The molecule has 0 saturated carbocycles. The van der Waals surface area contributed by atoms with E-state index in [4.69, 9.17) is 11.6 Å². The van der Waals surface area contributed by atoms with Crippen LogP contribution in [0.1, 0.15) is 6.92 Å². The van der Waals surface area contributed by atoms with Gasteiger partial charge in [-0.15, -0.1) is 0 Å². The molecule has 1 aromatic heterocycles. The summed E-state index contributed by atoms with van der Waals surface area (Å²) >= 11 is 5.67. The Bertz CT molecular complexity index is 683. The Kier molecular flexibility index (Phi) is 4.49. The van der Waals surface area contributed by atoms with Gasteiger partial charge < -0.3 is 10.6 Å². The van der Waals surface area contributed by atoms with E-state index in [-0.39, 0.29) is 28.2 Å². The van der Waals surface area contributed by atoms with Crippen molar-refractivity contribution in [2.45, 2.75) is 6.92 Å². The second kappa shape index (κ2) is 6.31. The number of aromatic nitrogens is 2. The molecule has 110 valence electrons. The second-order valence-corrected chi connectivity index (χ2v) is 4.35. The van der Waals surface area contributed by atoms with Crippen molar-refractivity contribution in [2.75, 3.05) is 17.2 Å². The van der Waals surface area contributed by atoms with Gasteiger partial charge in [0.1, 0.15) is 6.20 Å². The maximum absolute atomic E-state index is 13.8. The summed E-state index contributed by atoms with van der Waals surface area (Å²) in [4.78, 5) is 18.1. The van der Waals surface area contributed by atoms with Crippen molar-refractivity contribution < 1.29 is 9.31 Å². The maximum atomic E-state index is 13.8. The molecule has 0 bridgehead atoms. The fourth-order valence-electron chi connectivity index (χ4n) is 1.57. The van der Waals surface area contributed by atoms with Crippen LogP contribution in [-0.2, 0) is 0 Å². The molecule has 0 unspecified atom stereocenters. The van der Waals surface area contributed by atoms with Gasteiger partial charge in [0.25, 0.3) is 0 Å². The first-order chi connectivity index (χ1) is 10.0. The molecule has 0 saturated heterocycles. The number of hydrogen-bond donors (Lipinski definition) is 2. The average molecular weight is 312 g/mol. The summed E-state index contributed by atoms with van der Waals surface area (Å²) in [7, 11) is 0. The summed E-state index contributed by atoms with van der Waals surface area (Å²) < 4.78 is 13.8. The number of rotatable bonds is 5. The normalized spacial score (nSPS) is 10.2. The monoisotopic (exact) mass is 311 g/mol. The van der Waals surface area contributed by atoms with Crippen molar-refractivity contribution in [3.05, 3.63) is 45.4 Å². The number of benzene rings is 1. The standard InChI is InChI=1S/C12H11ClFN5O2/c1-2-15-12-16-6-9(19(20)21)11(18-12)17-8-5-3-4-7(13)10(8)14/h3-6H,2H2,1H3,(H2,15,16,17,18). The first kappa shape index (κ1) is 14.9. The van der Waals surface area contributed by atoms with Crippen LogP contribution in [-0.4, -0.2) is 21.4 Å². The molecule has 2 aromatic rings. The Morgan fingerprint density at radius 3 is 2.90 bits per heavy atom. The van der Waals surface area contributed by atoms with Crippen molar-refractivity contribution in [1.82, 2.24) is 9.97 Å². The molecule has 0 atom stereocenters. The first-order valence-corrected chi connectivity index (χ1v) is 6.37. The molecule has 7 nitrogen and oxygen atoms in total. The molecule has 0 aliphatic rings. The molecule has 1 heterocycles. The van der Waals surface area contributed by atoms with Gasteiger partial charge in [-0.2, -0.15) is 4.98 Å². The summed E-state index contributed by atoms with van der Waals surface area (Å²) in [6.07, 6.45) is 1.05. The van der Waals surface area contributed by atoms with Gasteiger partial charge in [-0.05, 0) is 19.1 Å². The van der Waals surface area contributed by atoms with Crippen molar-refractivity contribution in [3.63, 3.8) is 0 Å². The molecular weight excluding hydrogens is 301 g/mol. The Morgan fingerprint density at radius 2 is 2.24 bits per heavy atom. The van der Waals surface area contributed by atoms with Crippen LogP contribution in [0.25, 0.3) is 0 Å². The molecule has 2 rings (SSSR count). The van der Waals surface area contributed by atoms with Crippen molar-refractivity contribution in [2.24, 2.45) is 0 Å². The molecule has 0 aliphatic carbocycles. The van der Waals surface area contributed by atoms with E-state index in [0.717, 1.165) is 6.20 Å². The third kappa shape index (κ3) is 3.34. The largest absolute Gasteiger partial charge is 0.354 e. The SMILES string of the molecule is CCNc1ncc([N+](=O)[O-])c(Nc2cccc(Cl)c2F)n1. The lowest BCUT2D eigenvalue weighted by atomic mass is 10.3. The minimum absolute atomic E-state index is 0.00764. The number of halogens is 2. The Morgan fingerprint density at radius 1 is 1.48 bits per heavy atom. The highest BCUT2D eigenvalue weighted by Gasteiger charge is 2.19. The predicted octanol–water partition coefficient (Wildman–Crippen LogP) is 3.35. The molecular formula is C12H11ClFN5O2. The molecule has 0 spiro atoms. The maximum Gasteiger partial charge on any atom is 0.329 e. The summed E-state index contributed by atoms with van der Waals surface area (Å²) in [5, 5.41) is 16.3. The van der Waals surface area contributed by atoms with E-state index in [1.54, 1.807) is 0 Å². The minimum Gasteiger partial charge on any atom is -0.354 e. The van der Waals surface area contributed by atoms with E-state index in [1.807, 2.05) is 6.92 Å². The molecule has 21 heavy (non-hydrogen) atoms. The highest BCUT2D eigenvalue weighted by Crippen LogP contribution is 2.29. The Balaban J connectivity index is 2.43. The van der Waals surface area contributed by atoms with Crippen LogP contribution in [0.4, 0.5) is 27.5 Å². The number of nitrogens with one attached hydrogen (secondary N) is 2. The topological polar surface area (TPSA) is 93.0 Å². The second-order valence-electron chi connectivity index (χ2n) is 3.94. The molecule has 0 aliphatic heterocycles. The lowest BCUT2D eigenvalue weighted by Gasteiger charge is -2.09. The molecule has 9 heteroatoms. The van der Waals surface area contributed by atoms with E-state index >= 15 is 0 Å². The summed E-state index contributed by atoms with van der Waals surface area (Å²) in [5.41, 5.74) is -0.372. The van der Waals surface area contributed by atoms with Crippen molar-refractivity contribution >= 4 is 34.7 Å². The fourth-order valence-corrected chi connectivity index (χ4v) is 1.75. The van der Waals surface area contributed by atoms with Crippen LogP contribution in [0.2, 0.25) is 5.02 Å². The van der Waals surface area contributed by atoms with Crippen molar-refractivity contribution in [1.29, 1.82) is 0 Å². The lowest BCUT2D eigenvalue weighted by molar-refractivity contribution is -0.384. The highest BCUT2D eigenvalue weighted by molar-refractivity contribution is 6.31. The zero-order chi connectivity index (χ0) is 15.4. The van der Waals surface area contributed by atoms with Gasteiger partial charge in [0.2, 0.25) is 11.8 Å². The summed E-state index contributed by atoms with van der Waals surface area (Å²) in [6.45, 7) is 2.37.